The third-order valence-electron chi connectivity index (χ3n) is 3.29. The number of fused-ring (bicyclic) bond motifs is 3. The van der Waals surface area contributed by atoms with Crippen LogP contribution in [0.3, 0.4) is 0 Å². The van der Waals surface area contributed by atoms with Gasteiger partial charge in [-0.2, -0.15) is 0 Å². The van der Waals surface area contributed by atoms with Gasteiger partial charge in [0.1, 0.15) is 5.69 Å². The Hall–Kier alpha value is -2.57. The summed E-state index contributed by atoms with van der Waals surface area (Å²) >= 11 is 0. The van der Waals surface area contributed by atoms with Crippen molar-refractivity contribution in [2.24, 2.45) is 0 Å². The number of aromatic nitrogens is 1. The van der Waals surface area contributed by atoms with Gasteiger partial charge in [0.25, 0.3) is 5.91 Å². The van der Waals surface area contributed by atoms with Crippen molar-refractivity contribution in [2.75, 3.05) is 13.7 Å². The van der Waals surface area contributed by atoms with E-state index in [0.29, 0.717) is 35.1 Å². The van der Waals surface area contributed by atoms with E-state index in [1.165, 1.54) is 13.2 Å². The standard InChI is InChI=1S/C12H11N3O4/c1-19-8-3-2-7-9(11(8)15(17)18)6-4-5-13-12(16)10(6)14-7/h2-3,14H,4-5H2,1H3,(H,13,16). The van der Waals surface area contributed by atoms with Crippen LogP contribution < -0.4 is 10.1 Å². The summed E-state index contributed by atoms with van der Waals surface area (Å²) in [7, 11) is 1.39. The number of nitro groups is 1. The van der Waals surface area contributed by atoms with E-state index in [-0.39, 0.29) is 17.3 Å². The van der Waals surface area contributed by atoms with E-state index in [1.807, 2.05) is 0 Å². The second kappa shape index (κ2) is 3.98. The van der Waals surface area contributed by atoms with Crippen molar-refractivity contribution in [3.8, 4) is 5.75 Å². The summed E-state index contributed by atoms with van der Waals surface area (Å²) in [5.41, 5.74) is 1.57. The molecule has 0 fully saturated rings. The molecule has 0 spiro atoms. The Morgan fingerprint density at radius 2 is 2.21 bits per heavy atom. The van der Waals surface area contributed by atoms with Gasteiger partial charge >= 0.3 is 5.69 Å². The molecule has 2 heterocycles. The topological polar surface area (TPSA) is 97.3 Å². The fourth-order valence-electron chi connectivity index (χ4n) is 2.50. The Labute approximate surface area is 107 Å². The Kier molecular flexibility index (Phi) is 2.41. The van der Waals surface area contributed by atoms with Crippen LogP contribution in [0.5, 0.6) is 5.75 Å². The third kappa shape index (κ3) is 1.55. The number of benzene rings is 1. The summed E-state index contributed by atoms with van der Waals surface area (Å²) in [6.45, 7) is 0.479. The highest BCUT2D eigenvalue weighted by atomic mass is 16.6. The molecule has 7 nitrogen and oxygen atoms in total. The summed E-state index contributed by atoms with van der Waals surface area (Å²) in [6, 6.07) is 3.22. The van der Waals surface area contributed by atoms with Gasteiger partial charge in [-0.15, -0.1) is 0 Å². The lowest BCUT2D eigenvalue weighted by Crippen LogP contribution is -2.31. The number of hydrogen-bond acceptors (Lipinski definition) is 4. The Morgan fingerprint density at radius 3 is 2.89 bits per heavy atom. The molecule has 2 aromatic rings. The monoisotopic (exact) mass is 261 g/mol. The zero-order valence-corrected chi connectivity index (χ0v) is 10.1. The first-order valence-corrected chi connectivity index (χ1v) is 5.77. The van der Waals surface area contributed by atoms with Gasteiger partial charge in [-0.1, -0.05) is 0 Å². The number of ether oxygens (including phenoxy) is 1. The summed E-state index contributed by atoms with van der Waals surface area (Å²) in [6.07, 6.45) is 0.565. The highest BCUT2D eigenvalue weighted by molar-refractivity contribution is 6.05. The molecule has 98 valence electrons. The molecule has 2 N–H and O–H groups in total. The number of methoxy groups -OCH3 is 1. The number of nitro benzene ring substituents is 1. The quantitative estimate of drug-likeness (QED) is 0.630. The molecule has 0 saturated heterocycles. The van der Waals surface area contributed by atoms with Crippen LogP contribution in [0.25, 0.3) is 10.9 Å². The molecule has 3 rings (SSSR count). The molecule has 1 aliphatic rings. The van der Waals surface area contributed by atoms with Crippen LogP contribution in [0.4, 0.5) is 5.69 Å². The first-order valence-electron chi connectivity index (χ1n) is 5.77. The Morgan fingerprint density at radius 1 is 1.42 bits per heavy atom. The van der Waals surface area contributed by atoms with Gasteiger partial charge in [-0.3, -0.25) is 14.9 Å². The molecule has 1 aromatic carbocycles. The molecule has 0 aliphatic carbocycles. The second-order valence-corrected chi connectivity index (χ2v) is 4.28. The highest BCUT2D eigenvalue weighted by Crippen LogP contribution is 2.39. The van der Waals surface area contributed by atoms with Gasteiger partial charge in [0.15, 0.2) is 5.75 Å². The fourth-order valence-corrected chi connectivity index (χ4v) is 2.50. The average molecular weight is 261 g/mol. The minimum atomic E-state index is -0.470. The summed E-state index contributed by atoms with van der Waals surface area (Å²) in [4.78, 5) is 25.5. The zero-order chi connectivity index (χ0) is 13.6. The van der Waals surface area contributed by atoms with Crippen molar-refractivity contribution in [2.45, 2.75) is 6.42 Å². The van der Waals surface area contributed by atoms with Crippen LogP contribution in [0.2, 0.25) is 0 Å². The van der Waals surface area contributed by atoms with Crippen LogP contribution in [0.15, 0.2) is 12.1 Å². The molecule has 0 atom stereocenters. The van der Waals surface area contributed by atoms with E-state index in [0.717, 1.165) is 0 Å². The van der Waals surface area contributed by atoms with Crippen molar-refractivity contribution < 1.29 is 14.5 Å². The van der Waals surface area contributed by atoms with Crippen molar-refractivity contribution in [3.05, 3.63) is 33.5 Å². The Bertz CT molecular complexity index is 705. The number of amides is 1. The summed E-state index contributed by atoms with van der Waals surface area (Å²) in [5.74, 6) is -0.0315. The van der Waals surface area contributed by atoms with Gasteiger partial charge in [0.2, 0.25) is 0 Å². The van der Waals surface area contributed by atoms with Gasteiger partial charge < -0.3 is 15.0 Å². The molecule has 1 aromatic heterocycles. The SMILES string of the molecule is COc1ccc2[nH]c3c(c2c1[N+](=O)[O-])CCNC3=O. The predicted octanol–water partition coefficient (Wildman–Crippen LogP) is 1.37. The van der Waals surface area contributed by atoms with Crippen molar-refractivity contribution in [3.63, 3.8) is 0 Å². The van der Waals surface area contributed by atoms with Gasteiger partial charge in [-0.05, 0) is 24.1 Å². The molecular weight excluding hydrogens is 250 g/mol. The first kappa shape index (κ1) is 11.5. The maximum atomic E-state index is 11.7. The number of carbonyl (C=O) groups excluding carboxylic acids is 1. The van der Waals surface area contributed by atoms with E-state index < -0.39 is 4.92 Å². The normalized spacial score (nSPS) is 14.1. The molecule has 0 bridgehead atoms. The van der Waals surface area contributed by atoms with Gasteiger partial charge in [0.05, 0.1) is 22.9 Å². The maximum Gasteiger partial charge on any atom is 0.320 e. The molecule has 1 amide bonds. The third-order valence-corrected chi connectivity index (χ3v) is 3.29. The lowest BCUT2D eigenvalue weighted by atomic mass is 10.0. The molecule has 0 unspecified atom stereocenters. The Balaban J connectivity index is 2.41. The first-order chi connectivity index (χ1) is 9.13. The lowest BCUT2D eigenvalue weighted by molar-refractivity contribution is -0.384. The highest BCUT2D eigenvalue weighted by Gasteiger charge is 2.29. The van der Waals surface area contributed by atoms with Crippen molar-refractivity contribution >= 4 is 22.5 Å². The van der Waals surface area contributed by atoms with Crippen LogP contribution in [0, 0.1) is 10.1 Å². The number of nitrogens with one attached hydrogen (secondary N) is 2. The molecule has 1 aliphatic heterocycles. The van der Waals surface area contributed by atoms with E-state index in [1.54, 1.807) is 6.07 Å². The summed E-state index contributed by atoms with van der Waals surface area (Å²) < 4.78 is 5.05. The van der Waals surface area contributed by atoms with Crippen LogP contribution in [0.1, 0.15) is 16.1 Å². The van der Waals surface area contributed by atoms with Crippen LogP contribution >= 0.6 is 0 Å². The predicted molar refractivity (Wildman–Crippen MR) is 67.5 cm³/mol. The van der Waals surface area contributed by atoms with Gasteiger partial charge in [0, 0.05) is 6.54 Å². The number of aromatic amines is 1. The van der Waals surface area contributed by atoms with E-state index in [2.05, 4.69) is 10.3 Å². The second-order valence-electron chi connectivity index (χ2n) is 4.28. The number of carbonyl (C=O) groups is 1. The van der Waals surface area contributed by atoms with Crippen LogP contribution in [-0.2, 0) is 6.42 Å². The maximum absolute atomic E-state index is 11.7. The van der Waals surface area contributed by atoms with E-state index >= 15 is 0 Å². The largest absolute Gasteiger partial charge is 0.490 e. The number of nitrogens with zero attached hydrogens (tertiary/aromatic N) is 1. The fraction of sp³-hybridized carbons (Fsp3) is 0.250. The van der Waals surface area contributed by atoms with Crippen molar-refractivity contribution in [1.29, 1.82) is 0 Å². The minimum absolute atomic E-state index is 0.0906. The van der Waals surface area contributed by atoms with E-state index in [4.69, 9.17) is 4.74 Å². The lowest BCUT2D eigenvalue weighted by Gasteiger charge is -2.12. The van der Waals surface area contributed by atoms with Crippen molar-refractivity contribution in [1.82, 2.24) is 10.3 Å². The van der Waals surface area contributed by atoms with E-state index in [9.17, 15) is 14.9 Å². The number of hydrogen-bond donors (Lipinski definition) is 2. The van der Waals surface area contributed by atoms with Gasteiger partial charge in [-0.25, -0.2) is 0 Å². The number of rotatable bonds is 2. The molecule has 0 saturated carbocycles. The molecule has 0 radical (unpaired) electrons. The zero-order valence-electron chi connectivity index (χ0n) is 10.1. The molecule has 7 heteroatoms. The minimum Gasteiger partial charge on any atom is -0.490 e. The molecule has 19 heavy (non-hydrogen) atoms. The smallest absolute Gasteiger partial charge is 0.320 e. The van der Waals surface area contributed by atoms with Crippen LogP contribution in [-0.4, -0.2) is 29.5 Å². The summed E-state index contributed by atoms with van der Waals surface area (Å²) in [5, 5.41) is 14.4. The average Bonchev–Trinajstić information content (AvgIpc) is 2.77. The number of H-pyrrole nitrogens is 1. The molecular formula is C12H11N3O4.